The standard InChI is InChI=1S/C37H52O16/c1-16(48-17(2)38)35-15-47-14-24(35)32(7)12-11-23-33(8,26(32)25(49-18(3)39)28(35)50-19(4)40)29(51-20(5)41)30(52-21(6)42)34(9)36(23,45)13-22(43)27-37(34,53-27)31(44)46-10/h16,22-30,43,45H,11-15H2,1-10H3/t16-,22?,23?,24?,25?,26?,27?,28?,29?,30?,32?,33?,34?,35?,36?,37?/m0/s1. The average molecular weight is 753 g/mol. The predicted molar refractivity (Wildman–Crippen MR) is 176 cm³/mol. The summed E-state index contributed by atoms with van der Waals surface area (Å²) >= 11 is 0. The van der Waals surface area contributed by atoms with Gasteiger partial charge in [0, 0.05) is 58.3 Å². The van der Waals surface area contributed by atoms with Crippen molar-refractivity contribution in [2.45, 2.75) is 136 Å². The molecule has 2 saturated heterocycles. The number of aliphatic hydroxyl groups excluding tert-OH is 1. The van der Waals surface area contributed by atoms with E-state index in [9.17, 15) is 39.0 Å². The summed E-state index contributed by atoms with van der Waals surface area (Å²) < 4.78 is 48.0. The van der Waals surface area contributed by atoms with Gasteiger partial charge in [-0.15, -0.1) is 0 Å². The molecule has 16 nitrogen and oxygen atoms in total. The van der Waals surface area contributed by atoms with Crippen molar-refractivity contribution in [3.63, 3.8) is 0 Å². The van der Waals surface area contributed by atoms with Crippen LogP contribution in [0.2, 0.25) is 0 Å². The monoisotopic (exact) mass is 752 g/mol. The van der Waals surface area contributed by atoms with E-state index < -0.39 is 129 Å². The molecule has 0 bridgehead atoms. The van der Waals surface area contributed by atoms with Gasteiger partial charge in [-0.25, -0.2) is 4.79 Å². The number of carbonyl (C=O) groups excluding carboxylic acids is 6. The topological polar surface area (TPSA) is 220 Å². The molecule has 0 aromatic heterocycles. The van der Waals surface area contributed by atoms with Gasteiger partial charge >= 0.3 is 35.8 Å². The van der Waals surface area contributed by atoms with Crippen LogP contribution in [-0.4, -0.2) is 120 Å². The van der Waals surface area contributed by atoms with Crippen LogP contribution >= 0.6 is 0 Å². The maximum atomic E-state index is 13.8. The molecule has 0 aromatic carbocycles. The third-order valence-electron chi connectivity index (χ3n) is 14.3. The van der Waals surface area contributed by atoms with Crippen molar-refractivity contribution in [1.29, 1.82) is 0 Å². The van der Waals surface area contributed by atoms with E-state index >= 15 is 0 Å². The van der Waals surface area contributed by atoms with Crippen LogP contribution in [0.3, 0.4) is 0 Å². The number of aliphatic hydroxyl groups is 2. The van der Waals surface area contributed by atoms with Gasteiger partial charge in [0.2, 0.25) is 5.60 Å². The van der Waals surface area contributed by atoms with Crippen LogP contribution in [0.15, 0.2) is 0 Å². The van der Waals surface area contributed by atoms with Crippen molar-refractivity contribution in [2.24, 2.45) is 39.4 Å². The predicted octanol–water partition coefficient (Wildman–Crippen LogP) is 1.18. The van der Waals surface area contributed by atoms with Gasteiger partial charge in [-0.3, -0.25) is 24.0 Å². The number of epoxide rings is 1. The molecule has 4 saturated carbocycles. The number of hydrogen-bond acceptors (Lipinski definition) is 16. The van der Waals surface area contributed by atoms with Gasteiger partial charge in [0.15, 0.2) is 12.2 Å². The Balaban J connectivity index is 1.68. The molecule has 0 aromatic rings. The van der Waals surface area contributed by atoms with E-state index in [2.05, 4.69) is 0 Å². The van der Waals surface area contributed by atoms with Gasteiger partial charge in [-0.2, -0.15) is 0 Å². The quantitative estimate of drug-likeness (QED) is 0.212. The molecule has 6 rings (SSSR count). The lowest BCUT2D eigenvalue weighted by Crippen LogP contribution is -2.84. The van der Waals surface area contributed by atoms with E-state index in [4.69, 9.17) is 37.9 Å². The Labute approximate surface area is 307 Å². The highest BCUT2D eigenvalue weighted by Crippen LogP contribution is 2.78. The summed E-state index contributed by atoms with van der Waals surface area (Å²) in [5.74, 6) is -7.01. The Morgan fingerprint density at radius 1 is 0.792 bits per heavy atom. The SMILES string of the molecule is COC(=O)C12OC1C(O)CC1(O)C3CCC4(C)C(C(OC(C)=O)C(OC(C)=O)C5([C@H](C)OC(C)=O)COCC45)C3(C)C(OC(C)=O)C(OC(C)=O)C12C. The Morgan fingerprint density at radius 2 is 1.36 bits per heavy atom. The van der Waals surface area contributed by atoms with Gasteiger partial charge in [-0.1, -0.05) is 13.8 Å². The minimum absolute atomic E-state index is 0.0255. The fourth-order valence-electron chi connectivity index (χ4n) is 12.7. The van der Waals surface area contributed by atoms with E-state index in [1.54, 1.807) is 13.8 Å². The highest BCUT2D eigenvalue weighted by Gasteiger charge is 2.92. The summed E-state index contributed by atoms with van der Waals surface area (Å²) in [5.41, 5.74) is -9.67. The number of carbonyl (C=O) groups is 6. The first kappa shape index (κ1) is 39.4. The molecule has 0 amide bonds. The second kappa shape index (κ2) is 12.6. The Kier molecular flexibility index (Phi) is 9.36. The van der Waals surface area contributed by atoms with Gasteiger partial charge in [0.05, 0.1) is 42.9 Å². The lowest BCUT2D eigenvalue weighted by molar-refractivity contribution is -0.360. The van der Waals surface area contributed by atoms with Crippen molar-refractivity contribution in [2.75, 3.05) is 20.3 Å². The molecule has 2 aliphatic heterocycles. The zero-order valence-electron chi connectivity index (χ0n) is 31.9. The number of fused-ring (bicyclic) bond motifs is 9. The van der Waals surface area contributed by atoms with E-state index in [1.165, 1.54) is 34.6 Å². The van der Waals surface area contributed by atoms with Crippen LogP contribution in [0.25, 0.3) is 0 Å². The van der Waals surface area contributed by atoms with Crippen LogP contribution in [-0.2, 0) is 66.7 Å². The summed E-state index contributed by atoms with van der Waals surface area (Å²) in [6.07, 6.45) is -8.87. The van der Waals surface area contributed by atoms with Gasteiger partial charge in [0.1, 0.15) is 24.4 Å². The fourth-order valence-corrected chi connectivity index (χ4v) is 12.7. The number of rotatable bonds is 7. The second-order valence-corrected chi connectivity index (χ2v) is 16.7. The van der Waals surface area contributed by atoms with Crippen molar-refractivity contribution in [3.05, 3.63) is 0 Å². The molecule has 296 valence electrons. The normalized spacial score (nSPS) is 48.1. The summed E-state index contributed by atoms with van der Waals surface area (Å²) in [7, 11) is 1.14. The van der Waals surface area contributed by atoms with E-state index in [0.29, 0.717) is 6.42 Å². The summed E-state index contributed by atoms with van der Waals surface area (Å²) in [6.45, 7) is 13.0. The highest BCUT2D eigenvalue weighted by molar-refractivity contribution is 5.86. The number of hydrogen-bond donors (Lipinski definition) is 2. The van der Waals surface area contributed by atoms with Crippen LogP contribution in [0.1, 0.15) is 81.6 Å². The molecular formula is C37H52O16. The molecule has 2 N–H and O–H groups in total. The largest absolute Gasteiger partial charge is 0.467 e. The van der Waals surface area contributed by atoms with Gasteiger partial charge in [0.25, 0.3) is 0 Å². The van der Waals surface area contributed by atoms with Crippen LogP contribution < -0.4 is 0 Å². The average Bonchev–Trinajstić information content (AvgIpc) is 3.65. The van der Waals surface area contributed by atoms with E-state index in [0.717, 1.165) is 14.0 Å². The lowest BCUT2D eigenvalue weighted by atomic mass is 9.32. The molecule has 16 atom stereocenters. The lowest BCUT2D eigenvalue weighted by Gasteiger charge is -2.74. The van der Waals surface area contributed by atoms with E-state index in [-0.39, 0.29) is 26.1 Å². The van der Waals surface area contributed by atoms with Crippen LogP contribution in [0.5, 0.6) is 0 Å². The zero-order valence-corrected chi connectivity index (χ0v) is 31.9. The Morgan fingerprint density at radius 3 is 1.91 bits per heavy atom. The number of esters is 6. The summed E-state index contributed by atoms with van der Waals surface area (Å²) in [5, 5.41) is 25.0. The van der Waals surface area contributed by atoms with Crippen molar-refractivity contribution in [3.8, 4) is 0 Å². The maximum Gasteiger partial charge on any atom is 0.341 e. The second-order valence-electron chi connectivity index (χ2n) is 16.7. The van der Waals surface area contributed by atoms with Crippen molar-refractivity contribution in [1.82, 2.24) is 0 Å². The Bertz CT molecular complexity index is 1600. The molecule has 0 spiro atoms. The van der Waals surface area contributed by atoms with Crippen LogP contribution in [0.4, 0.5) is 0 Å². The number of ether oxygens (including phenoxy) is 8. The first-order valence-corrected chi connectivity index (χ1v) is 18.2. The maximum absolute atomic E-state index is 13.8. The first-order chi connectivity index (χ1) is 24.5. The minimum Gasteiger partial charge on any atom is -0.467 e. The fraction of sp³-hybridized carbons (Fsp3) is 0.838. The molecule has 4 aliphatic carbocycles. The molecule has 2 heterocycles. The third-order valence-corrected chi connectivity index (χ3v) is 14.3. The molecule has 6 aliphatic rings. The number of methoxy groups -OCH3 is 1. The molecular weight excluding hydrogens is 700 g/mol. The molecule has 53 heavy (non-hydrogen) atoms. The van der Waals surface area contributed by atoms with Crippen molar-refractivity contribution < 1.29 is 76.9 Å². The Hall–Kier alpha value is -3.34. The molecule has 15 unspecified atom stereocenters. The molecule has 0 radical (unpaired) electrons. The first-order valence-electron chi connectivity index (χ1n) is 18.2. The van der Waals surface area contributed by atoms with Crippen molar-refractivity contribution >= 4 is 35.8 Å². The minimum atomic E-state index is -2.08. The third kappa shape index (κ3) is 4.99. The molecule has 6 fully saturated rings. The molecule has 16 heteroatoms. The summed E-state index contributed by atoms with van der Waals surface area (Å²) in [4.78, 5) is 78.8. The van der Waals surface area contributed by atoms with Gasteiger partial charge in [-0.05, 0) is 38.0 Å². The zero-order chi connectivity index (χ0) is 39.4. The highest BCUT2D eigenvalue weighted by atomic mass is 16.7. The smallest absolute Gasteiger partial charge is 0.341 e. The van der Waals surface area contributed by atoms with E-state index in [1.807, 2.05) is 6.92 Å². The summed E-state index contributed by atoms with van der Waals surface area (Å²) in [6, 6.07) is 0. The van der Waals surface area contributed by atoms with Gasteiger partial charge < -0.3 is 48.1 Å². The van der Waals surface area contributed by atoms with Crippen LogP contribution in [0, 0.1) is 39.4 Å².